The lowest BCUT2D eigenvalue weighted by molar-refractivity contribution is 0.0587. The molecule has 0 aromatic rings. The van der Waals surface area contributed by atoms with Crippen LogP contribution in [-0.4, -0.2) is 32.1 Å². The van der Waals surface area contributed by atoms with Crippen molar-refractivity contribution in [1.82, 2.24) is 0 Å². The molecule has 0 fully saturated rings. The topological polar surface area (TPSA) is 30.8 Å². The standard InChI is InChI=1S/C12H21NO2/c1-4-11-9-12(14-3)6-8-15-10(2)5-7-13-11/h5,7,11-12H,4,6,8-9H2,1-3H3/b10-5+,13-7-. The average Bonchev–Trinajstić information content (AvgIpc) is 2.26. The molecule has 3 nitrogen and oxygen atoms in total. The SMILES string of the molecule is CCC1CC(OC)CCO/C(C)=C/C=N\1. The van der Waals surface area contributed by atoms with Crippen LogP contribution in [0.5, 0.6) is 0 Å². The summed E-state index contributed by atoms with van der Waals surface area (Å²) < 4.78 is 10.9. The fourth-order valence-corrected chi connectivity index (χ4v) is 1.64. The van der Waals surface area contributed by atoms with Crippen molar-refractivity contribution in [2.75, 3.05) is 13.7 Å². The monoisotopic (exact) mass is 211 g/mol. The van der Waals surface area contributed by atoms with E-state index in [2.05, 4.69) is 11.9 Å². The molecule has 0 N–H and O–H groups in total. The van der Waals surface area contributed by atoms with Crippen LogP contribution in [0.3, 0.4) is 0 Å². The quantitative estimate of drug-likeness (QED) is 0.703. The van der Waals surface area contributed by atoms with Gasteiger partial charge in [0.15, 0.2) is 0 Å². The largest absolute Gasteiger partial charge is 0.498 e. The van der Waals surface area contributed by atoms with E-state index in [1.807, 2.05) is 19.2 Å². The Kier molecular flexibility index (Phi) is 5.40. The van der Waals surface area contributed by atoms with Crippen LogP contribution in [0.1, 0.15) is 33.1 Å². The van der Waals surface area contributed by atoms with Gasteiger partial charge < -0.3 is 9.47 Å². The van der Waals surface area contributed by atoms with Crippen molar-refractivity contribution in [1.29, 1.82) is 0 Å². The number of methoxy groups -OCH3 is 1. The minimum absolute atomic E-state index is 0.262. The third-order valence-electron chi connectivity index (χ3n) is 2.72. The maximum absolute atomic E-state index is 5.51. The van der Waals surface area contributed by atoms with Gasteiger partial charge in [0.1, 0.15) is 0 Å². The van der Waals surface area contributed by atoms with E-state index in [9.17, 15) is 0 Å². The molecule has 0 aromatic carbocycles. The first-order valence-electron chi connectivity index (χ1n) is 5.62. The Morgan fingerprint density at radius 1 is 1.60 bits per heavy atom. The number of hydrogen-bond donors (Lipinski definition) is 0. The maximum Gasteiger partial charge on any atom is 0.0944 e. The van der Waals surface area contributed by atoms with Gasteiger partial charge >= 0.3 is 0 Å². The predicted molar refractivity (Wildman–Crippen MR) is 62.3 cm³/mol. The zero-order valence-corrected chi connectivity index (χ0v) is 9.90. The van der Waals surface area contributed by atoms with Crippen LogP contribution in [0.4, 0.5) is 0 Å². The molecule has 0 saturated heterocycles. The van der Waals surface area contributed by atoms with Gasteiger partial charge in [0.2, 0.25) is 0 Å². The smallest absolute Gasteiger partial charge is 0.0944 e. The summed E-state index contributed by atoms with van der Waals surface area (Å²) in [6.07, 6.45) is 7.02. The summed E-state index contributed by atoms with van der Waals surface area (Å²) in [5.41, 5.74) is 0. The normalized spacial score (nSPS) is 33.7. The Morgan fingerprint density at radius 3 is 3.07 bits per heavy atom. The molecule has 1 rings (SSSR count). The summed E-state index contributed by atoms with van der Waals surface area (Å²) in [4.78, 5) is 4.49. The molecule has 0 bridgehead atoms. The molecule has 0 spiro atoms. The van der Waals surface area contributed by atoms with Crippen molar-refractivity contribution in [3.63, 3.8) is 0 Å². The third-order valence-corrected chi connectivity index (χ3v) is 2.72. The van der Waals surface area contributed by atoms with Crippen LogP contribution in [-0.2, 0) is 9.47 Å². The van der Waals surface area contributed by atoms with Crippen molar-refractivity contribution in [3.8, 4) is 0 Å². The first-order valence-corrected chi connectivity index (χ1v) is 5.62. The predicted octanol–water partition coefficient (Wildman–Crippen LogP) is 2.57. The summed E-state index contributed by atoms with van der Waals surface area (Å²) in [5.74, 6) is 0.922. The molecule has 2 unspecified atom stereocenters. The molecule has 1 aliphatic rings. The van der Waals surface area contributed by atoms with E-state index in [1.165, 1.54) is 0 Å². The number of allylic oxidation sites excluding steroid dienone is 2. The van der Waals surface area contributed by atoms with E-state index in [-0.39, 0.29) is 6.10 Å². The molecular weight excluding hydrogens is 190 g/mol. The van der Waals surface area contributed by atoms with Crippen molar-refractivity contribution in [2.24, 2.45) is 4.99 Å². The molecule has 86 valence electrons. The Bertz CT molecular complexity index is 236. The Morgan fingerprint density at radius 2 is 2.40 bits per heavy atom. The fourth-order valence-electron chi connectivity index (χ4n) is 1.64. The number of ether oxygens (including phenoxy) is 2. The van der Waals surface area contributed by atoms with Gasteiger partial charge in [-0.15, -0.1) is 0 Å². The summed E-state index contributed by atoms with van der Waals surface area (Å²) in [7, 11) is 1.76. The number of hydrogen-bond acceptors (Lipinski definition) is 3. The van der Waals surface area contributed by atoms with Gasteiger partial charge in [-0.2, -0.15) is 0 Å². The lowest BCUT2D eigenvalue weighted by Crippen LogP contribution is -2.20. The van der Waals surface area contributed by atoms with Gasteiger partial charge in [0.25, 0.3) is 0 Å². The Hall–Kier alpha value is -0.830. The van der Waals surface area contributed by atoms with Crippen LogP contribution < -0.4 is 0 Å². The summed E-state index contributed by atoms with van der Waals surface area (Å²) in [6.45, 7) is 4.84. The molecular formula is C12H21NO2. The highest BCUT2D eigenvalue weighted by molar-refractivity contribution is 5.71. The van der Waals surface area contributed by atoms with E-state index in [4.69, 9.17) is 9.47 Å². The fraction of sp³-hybridized carbons (Fsp3) is 0.750. The number of nitrogens with zero attached hydrogens (tertiary/aromatic N) is 1. The summed E-state index contributed by atoms with van der Waals surface area (Å²) >= 11 is 0. The summed E-state index contributed by atoms with van der Waals surface area (Å²) in [6, 6.07) is 0.372. The molecule has 0 aromatic heterocycles. The van der Waals surface area contributed by atoms with E-state index in [1.54, 1.807) is 7.11 Å². The summed E-state index contributed by atoms with van der Waals surface area (Å²) in [5, 5.41) is 0. The molecule has 0 saturated carbocycles. The molecule has 1 aliphatic heterocycles. The van der Waals surface area contributed by atoms with E-state index in [0.717, 1.165) is 31.6 Å². The second kappa shape index (κ2) is 6.62. The molecule has 0 radical (unpaired) electrons. The molecule has 3 heteroatoms. The highest BCUT2D eigenvalue weighted by Gasteiger charge is 2.14. The van der Waals surface area contributed by atoms with E-state index >= 15 is 0 Å². The van der Waals surface area contributed by atoms with Crippen molar-refractivity contribution in [2.45, 2.75) is 45.3 Å². The van der Waals surface area contributed by atoms with Gasteiger partial charge in [-0.25, -0.2) is 0 Å². The molecule has 1 heterocycles. The van der Waals surface area contributed by atoms with Gasteiger partial charge in [-0.3, -0.25) is 4.99 Å². The van der Waals surface area contributed by atoms with Gasteiger partial charge in [0.05, 0.1) is 24.5 Å². The molecule has 15 heavy (non-hydrogen) atoms. The van der Waals surface area contributed by atoms with E-state index < -0.39 is 0 Å². The first-order chi connectivity index (χ1) is 7.26. The minimum Gasteiger partial charge on any atom is -0.498 e. The molecule has 0 aliphatic carbocycles. The average molecular weight is 211 g/mol. The van der Waals surface area contributed by atoms with Crippen LogP contribution in [0, 0.1) is 0 Å². The van der Waals surface area contributed by atoms with Crippen LogP contribution in [0.15, 0.2) is 16.8 Å². The van der Waals surface area contributed by atoms with Gasteiger partial charge in [-0.05, 0) is 25.8 Å². The Labute approximate surface area is 92.2 Å². The second-order valence-electron chi connectivity index (χ2n) is 3.87. The minimum atomic E-state index is 0.262. The second-order valence-corrected chi connectivity index (χ2v) is 3.87. The zero-order valence-electron chi connectivity index (χ0n) is 9.90. The van der Waals surface area contributed by atoms with Crippen LogP contribution in [0.2, 0.25) is 0 Å². The highest BCUT2D eigenvalue weighted by Crippen LogP contribution is 2.14. The lowest BCUT2D eigenvalue weighted by Gasteiger charge is -2.20. The maximum atomic E-state index is 5.51. The van der Waals surface area contributed by atoms with Crippen LogP contribution >= 0.6 is 0 Å². The van der Waals surface area contributed by atoms with Crippen LogP contribution in [0.25, 0.3) is 0 Å². The molecule has 2 atom stereocenters. The van der Waals surface area contributed by atoms with Crippen molar-refractivity contribution >= 4 is 6.21 Å². The lowest BCUT2D eigenvalue weighted by atomic mass is 10.1. The van der Waals surface area contributed by atoms with Crippen molar-refractivity contribution < 1.29 is 9.47 Å². The number of aliphatic imine (C=N–C) groups is 1. The zero-order chi connectivity index (χ0) is 11.1. The highest BCUT2D eigenvalue weighted by atomic mass is 16.5. The van der Waals surface area contributed by atoms with E-state index in [0.29, 0.717) is 6.04 Å². The first kappa shape index (κ1) is 12.2. The third kappa shape index (κ3) is 4.47. The van der Waals surface area contributed by atoms with Gasteiger partial charge in [-0.1, -0.05) is 6.92 Å². The van der Waals surface area contributed by atoms with Gasteiger partial charge in [0, 0.05) is 19.7 Å². The number of rotatable bonds is 2. The van der Waals surface area contributed by atoms with Crippen molar-refractivity contribution in [3.05, 3.63) is 11.8 Å². The Balaban J connectivity index is 2.64. The molecule has 0 amide bonds.